The average Bonchev–Trinajstić information content (AvgIpc) is 2.95. The minimum absolute atomic E-state index is 0.0263. The summed E-state index contributed by atoms with van der Waals surface area (Å²) in [5.41, 5.74) is 0.472. The van der Waals surface area contributed by atoms with Crippen molar-refractivity contribution in [3.8, 4) is 16.9 Å². The average molecular weight is 589 g/mol. The quantitative estimate of drug-likeness (QED) is 0.495. The summed E-state index contributed by atoms with van der Waals surface area (Å²) in [5, 5.41) is 13.8. The molecule has 11 heteroatoms. The molecule has 0 radical (unpaired) electrons. The molecule has 1 atom stereocenters. The Morgan fingerprint density at radius 1 is 1.12 bits per heavy atom. The minimum atomic E-state index is -4.01. The summed E-state index contributed by atoms with van der Waals surface area (Å²) < 4.78 is 49.9. The van der Waals surface area contributed by atoms with Crippen LogP contribution in [0.1, 0.15) is 44.9 Å². The van der Waals surface area contributed by atoms with E-state index >= 15 is 0 Å². The number of aliphatic hydroxyl groups is 1. The minimum Gasteiger partial charge on any atom is -0.492 e. The standard InChI is InChI=1S/C30H41FN4O5S/c1-34-19-24(36)18-32-41(38,39)28-12-11-22(25-9-5-6-10-26(25)31)17-27(28)40-21-30(20-34)13-15-35(16-14-30)29(37)33-23-7-3-2-4-8-23/h5-6,9-12,17,23-24,32,36H,2-4,7-8,13-16,18-21H2,1H3,(H,33,37). The summed E-state index contributed by atoms with van der Waals surface area (Å²) in [4.78, 5) is 16.8. The molecule has 3 N–H and O–H groups in total. The number of nitrogens with one attached hydrogen (secondary N) is 2. The largest absolute Gasteiger partial charge is 0.492 e. The van der Waals surface area contributed by atoms with Crippen LogP contribution in [0.15, 0.2) is 47.4 Å². The first-order chi connectivity index (χ1) is 19.6. The van der Waals surface area contributed by atoms with E-state index in [0.29, 0.717) is 43.6 Å². The van der Waals surface area contributed by atoms with Gasteiger partial charge in [-0.3, -0.25) is 0 Å². The zero-order valence-electron chi connectivity index (χ0n) is 23.6. The van der Waals surface area contributed by atoms with Crippen LogP contribution in [0.3, 0.4) is 0 Å². The van der Waals surface area contributed by atoms with Gasteiger partial charge in [-0.15, -0.1) is 0 Å². The molecular weight excluding hydrogens is 547 g/mol. The SMILES string of the molecule is CN1CC(O)CNS(=O)(=O)c2ccc(-c3ccccc3F)cc2OCC2(CCN(C(=O)NC3CCCCC3)CC2)C1. The Labute approximate surface area is 242 Å². The zero-order chi connectivity index (χ0) is 29.0. The number of urea groups is 1. The van der Waals surface area contributed by atoms with Crippen LogP contribution in [0.5, 0.6) is 5.75 Å². The van der Waals surface area contributed by atoms with E-state index in [9.17, 15) is 22.7 Å². The molecule has 0 bridgehead atoms. The number of rotatable bonds is 2. The highest BCUT2D eigenvalue weighted by molar-refractivity contribution is 7.89. The lowest BCUT2D eigenvalue weighted by molar-refractivity contribution is 0.0239. The fourth-order valence-corrected chi connectivity index (χ4v) is 7.52. The van der Waals surface area contributed by atoms with Gasteiger partial charge >= 0.3 is 6.03 Å². The van der Waals surface area contributed by atoms with E-state index < -0.39 is 21.9 Å². The van der Waals surface area contributed by atoms with Crippen molar-refractivity contribution in [2.45, 2.75) is 62.0 Å². The summed E-state index contributed by atoms with van der Waals surface area (Å²) >= 11 is 0. The Bertz CT molecular complexity index is 1330. The summed E-state index contributed by atoms with van der Waals surface area (Å²) in [7, 11) is -2.11. The molecule has 41 heavy (non-hydrogen) atoms. The molecule has 2 aromatic carbocycles. The smallest absolute Gasteiger partial charge is 0.317 e. The number of likely N-dealkylation sites (tertiary alicyclic amines) is 1. The van der Waals surface area contributed by atoms with E-state index in [-0.39, 0.29) is 47.8 Å². The predicted molar refractivity (Wildman–Crippen MR) is 155 cm³/mol. The summed E-state index contributed by atoms with van der Waals surface area (Å²) in [5.74, 6) is -0.283. The Morgan fingerprint density at radius 3 is 2.59 bits per heavy atom. The van der Waals surface area contributed by atoms with E-state index in [1.54, 1.807) is 30.3 Å². The lowest BCUT2D eigenvalue weighted by Crippen LogP contribution is -2.54. The van der Waals surface area contributed by atoms with Gasteiger partial charge < -0.3 is 25.0 Å². The molecule has 1 unspecified atom stereocenters. The number of nitrogens with zero attached hydrogens (tertiary/aromatic N) is 2. The molecule has 1 spiro atoms. The number of benzene rings is 2. The van der Waals surface area contributed by atoms with Gasteiger partial charge in [0.1, 0.15) is 16.5 Å². The molecule has 2 fully saturated rings. The molecule has 1 aliphatic carbocycles. The molecule has 2 aromatic rings. The van der Waals surface area contributed by atoms with Crippen molar-refractivity contribution >= 4 is 16.1 Å². The molecule has 5 rings (SSSR count). The Morgan fingerprint density at radius 2 is 1.85 bits per heavy atom. The second-order valence-corrected chi connectivity index (χ2v) is 13.6. The van der Waals surface area contributed by atoms with E-state index in [4.69, 9.17) is 4.74 Å². The number of carbonyl (C=O) groups excluding carboxylic acids is 1. The van der Waals surface area contributed by atoms with Gasteiger partial charge in [0.2, 0.25) is 10.0 Å². The number of ether oxygens (including phenoxy) is 1. The van der Waals surface area contributed by atoms with Gasteiger partial charge in [-0.1, -0.05) is 43.5 Å². The number of piperidine rings is 1. The van der Waals surface area contributed by atoms with Crippen molar-refractivity contribution in [3.05, 3.63) is 48.3 Å². The molecule has 1 saturated carbocycles. The number of carbonyl (C=O) groups is 1. The molecule has 224 valence electrons. The second kappa shape index (κ2) is 12.6. The molecule has 9 nitrogen and oxygen atoms in total. The van der Waals surface area contributed by atoms with Crippen molar-refractivity contribution in [1.29, 1.82) is 0 Å². The zero-order valence-corrected chi connectivity index (χ0v) is 24.5. The highest BCUT2D eigenvalue weighted by Gasteiger charge is 2.39. The number of β-amino-alcohol motifs (C(OH)–C–C–N with tert-alkyl or cyclic N) is 1. The van der Waals surface area contributed by atoms with Crippen LogP contribution < -0.4 is 14.8 Å². The number of sulfonamides is 1. The van der Waals surface area contributed by atoms with E-state index in [0.717, 1.165) is 25.7 Å². The Balaban J connectivity index is 1.39. The van der Waals surface area contributed by atoms with Crippen LogP contribution in [0.2, 0.25) is 0 Å². The highest BCUT2D eigenvalue weighted by Crippen LogP contribution is 2.37. The molecule has 2 amide bonds. The van der Waals surface area contributed by atoms with Crippen LogP contribution in [0.25, 0.3) is 11.1 Å². The van der Waals surface area contributed by atoms with Gasteiger partial charge in [0.25, 0.3) is 0 Å². The maximum absolute atomic E-state index is 14.6. The first-order valence-electron chi connectivity index (χ1n) is 14.6. The number of amides is 2. The molecule has 2 aliphatic heterocycles. The predicted octanol–water partition coefficient (Wildman–Crippen LogP) is 3.58. The maximum atomic E-state index is 14.6. The second-order valence-electron chi connectivity index (χ2n) is 11.9. The normalized spacial score (nSPS) is 24.0. The number of fused-ring (bicyclic) bond motifs is 1. The topological polar surface area (TPSA) is 111 Å². The van der Waals surface area contributed by atoms with Crippen molar-refractivity contribution in [3.63, 3.8) is 0 Å². The monoisotopic (exact) mass is 588 g/mol. The van der Waals surface area contributed by atoms with Crippen LogP contribution in [0.4, 0.5) is 9.18 Å². The van der Waals surface area contributed by atoms with Crippen LogP contribution in [-0.4, -0.2) is 87.9 Å². The van der Waals surface area contributed by atoms with Gasteiger partial charge in [0.05, 0.1) is 12.7 Å². The lowest BCUT2D eigenvalue weighted by Gasteiger charge is -2.44. The lowest BCUT2D eigenvalue weighted by atomic mass is 9.78. The fraction of sp³-hybridized carbons (Fsp3) is 0.567. The molecule has 1 saturated heterocycles. The third-order valence-electron chi connectivity index (χ3n) is 8.63. The van der Waals surface area contributed by atoms with Crippen LogP contribution in [-0.2, 0) is 10.0 Å². The number of aliphatic hydroxyl groups excluding tert-OH is 1. The Hall–Kier alpha value is -2.73. The first-order valence-corrected chi connectivity index (χ1v) is 16.1. The van der Waals surface area contributed by atoms with Gasteiger partial charge in [0, 0.05) is 49.7 Å². The molecule has 2 heterocycles. The van der Waals surface area contributed by atoms with Crippen LogP contribution >= 0.6 is 0 Å². The third kappa shape index (κ3) is 7.20. The number of likely N-dealkylation sites (N-methyl/N-ethyl adjacent to an activating group) is 1. The van der Waals surface area contributed by atoms with Crippen molar-refractivity contribution in [1.82, 2.24) is 19.8 Å². The van der Waals surface area contributed by atoms with E-state index in [2.05, 4.69) is 10.0 Å². The van der Waals surface area contributed by atoms with Crippen molar-refractivity contribution < 1.29 is 27.4 Å². The van der Waals surface area contributed by atoms with Gasteiger partial charge in [0.15, 0.2) is 0 Å². The summed E-state index contributed by atoms with van der Waals surface area (Å²) in [6.45, 7) is 2.07. The summed E-state index contributed by atoms with van der Waals surface area (Å²) in [6.07, 6.45) is 5.99. The van der Waals surface area contributed by atoms with Crippen molar-refractivity contribution in [2.75, 3.05) is 46.4 Å². The van der Waals surface area contributed by atoms with Crippen LogP contribution in [0, 0.1) is 11.2 Å². The third-order valence-corrected chi connectivity index (χ3v) is 10.1. The number of hydrogen-bond acceptors (Lipinski definition) is 6. The maximum Gasteiger partial charge on any atom is 0.317 e. The fourth-order valence-electron chi connectivity index (χ4n) is 6.33. The van der Waals surface area contributed by atoms with Gasteiger partial charge in [-0.05, 0) is 56.5 Å². The van der Waals surface area contributed by atoms with Crippen molar-refractivity contribution in [2.24, 2.45) is 5.41 Å². The molecule has 0 aromatic heterocycles. The number of hydrogen-bond donors (Lipinski definition) is 3. The Kier molecular flexibility index (Phi) is 9.18. The summed E-state index contributed by atoms with van der Waals surface area (Å²) in [6, 6.07) is 11.1. The highest BCUT2D eigenvalue weighted by atomic mass is 32.2. The molecule has 3 aliphatic rings. The number of halogens is 1. The van der Waals surface area contributed by atoms with E-state index in [1.165, 1.54) is 18.6 Å². The van der Waals surface area contributed by atoms with E-state index in [1.807, 2.05) is 16.8 Å². The molecular formula is C30H41FN4O5S. The van der Waals surface area contributed by atoms with Gasteiger partial charge in [-0.25, -0.2) is 22.3 Å². The van der Waals surface area contributed by atoms with Gasteiger partial charge in [-0.2, -0.15) is 0 Å². The first kappa shape index (κ1) is 29.8.